The fourth-order valence-electron chi connectivity index (χ4n) is 3.12. The summed E-state index contributed by atoms with van der Waals surface area (Å²) in [5, 5.41) is 4.80. The number of hydrogen-bond acceptors (Lipinski definition) is 1. The monoisotopic (exact) mass is 270 g/mol. The first-order valence-electron chi connectivity index (χ1n) is 7.04. The Bertz CT molecular complexity index is 1140. The number of para-hydroxylation sites is 1. The van der Waals surface area contributed by atoms with E-state index in [0.29, 0.717) is 0 Å². The molecule has 0 aliphatic rings. The molecule has 0 unspecified atom stereocenters. The molecular weight excluding hydrogens is 258 g/mol. The largest absolute Gasteiger partial charge is 0.456 e. The smallest absolute Gasteiger partial charge is 0.218 e. The van der Waals surface area contributed by atoms with Gasteiger partial charge in [0.1, 0.15) is 11.2 Å². The van der Waals surface area contributed by atoms with Gasteiger partial charge in [-0.3, -0.25) is 0 Å². The van der Waals surface area contributed by atoms with Gasteiger partial charge in [0.2, 0.25) is 5.52 Å². The van der Waals surface area contributed by atoms with Gasteiger partial charge in [0.15, 0.2) is 12.4 Å². The molecule has 98 valence electrons. The highest BCUT2D eigenvalue weighted by atomic mass is 16.3. The molecule has 2 heteroatoms. The van der Waals surface area contributed by atoms with Crippen molar-refractivity contribution in [2.45, 2.75) is 0 Å². The van der Waals surface area contributed by atoms with E-state index in [1.165, 1.54) is 27.1 Å². The molecule has 0 radical (unpaired) electrons. The number of aromatic nitrogens is 1. The normalized spacial score (nSPS) is 11.8. The molecule has 2 nitrogen and oxygen atoms in total. The van der Waals surface area contributed by atoms with Crippen LogP contribution in [0.3, 0.4) is 0 Å². The van der Waals surface area contributed by atoms with Crippen molar-refractivity contribution >= 4 is 38.2 Å². The molecule has 0 aliphatic heterocycles. The lowest BCUT2D eigenvalue weighted by Gasteiger charge is -1.98. The van der Waals surface area contributed by atoms with E-state index < -0.39 is 0 Å². The Morgan fingerprint density at radius 1 is 0.667 bits per heavy atom. The zero-order valence-corrected chi connectivity index (χ0v) is 11.3. The van der Waals surface area contributed by atoms with Gasteiger partial charge in [0.25, 0.3) is 0 Å². The van der Waals surface area contributed by atoms with Gasteiger partial charge in [-0.2, -0.15) is 4.40 Å². The molecule has 0 bridgehead atoms. The zero-order valence-electron chi connectivity index (χ0n) is 11.3. The third kappa shape index (κ3) is 1.44. The van der Waals surface area contributed by atoms with Crippen molar-refractivity contribution in [3.63, 3.8) is 0 Å². The second-order valence-electron chi connectivity index (χ2n) is 5.34. The number of furan rings is 1. The molecular formula is C19H12NO+. The van der Waals surface area contributed by atoms with E-state index in [0.717, 1.165) is 11.2 Å². The SMILES string of the molecule is c1ccc2c(c1)oc1cc3c(cc[n+]4ccccc34)cc12. The minimum atomic E-state index is 0.944. The van der Waals surface area contributed by atoms with Crippen LogP contribution < -0.4 is 4.40 Å². The maximum atomic E-state index is 6.00. The summed E-state index contributed by atoms with van der Waals surface area (Å²) < 4.78 is 8.14. The molecule has 3 aromatic heterocycles. The average molecular weight is 270 g/mol. The summed E-state index contributed by atoms with van der Waals surface area (Å²) >= 11 is 0. The van der Waals surface area contributed by atoms with Crippen LogP contribution in [-0.2, 0) is 0 Å². The molecule has 21 heavy (non-hydrogen) atoms. The minimum absolute atomic E-state index is 0.944. The highest BCUT2D eigenvalue weighted by molar-refractivity contribution is 6.11. The summed E-state index contributed by atoms with van der Waals surface area (Å²) in [5.41, 5.74) is 3.08. The van der Waals surface area contributed by atoms with Crippen molar-refractivity contribution in [3.05, 3.63) is 73.1 Å². The number of hydrogen-bond donors (Lipinski definition) is 0. The lowest BCUT2D eigenvalue weighted by Crippen LogP contribution is -2.19. The van der Waals surface area contributed by atoms with Gasteiger partial charge in [0.05, 0.1) is 5.39 Å². The summed E-state index contributed by atoms with van der Waals surface area (Å²) in [6.45, 7) is 0. The molecule has 5 rings (SSSR count). The Kier molecular flexibility index (Phi) is 1.98. The Hall–Kier alpha value is -2.87. The van der Waals surface area contributed by atoms with Gasteiger partial charge < -0.3 is 4.42 Å². The van der Waals surface area contributed by atoms with Crippen LogP contribution in [0.25, 0.3) is 38.2 Å². The molecule has 0 atom stereocenters. The van der Waals surface area contributed by atoms with E-state index in [1.807, 2.05) is 18.2 Å². The van der Waals surface area contributed by atoms with Crippen LogP contribution in [0.1, 0.15) is 0 Å². The van der Waals surface area contributed by atoms with Crippen LogP contribution in [0.4, 0.5) is 0 Å². The highest BCUT2D eigenvalue weighted by Gasteiger charge is 2.12. The van der Waals surface area contributed by atoms with Crippen LogP contribution in [0, 0.1) is 0 Å². The van der Waals surface area contributed by atoms with Crippen LogP contribution in [0.15, 0.2) is 77.5 Å². The average Bonchev–Trinajstić information content (AvgIpc) is 2.90. The van der Waals surface area contributed by atoms with Crippen molar-refractivity contribution in [3.8, 4) is 0 Å². The lowest BCUT2D eigenvalue weighted by molar-refractivity contribution is -0.510. The Morgan fingerprint density at radius 2 is 1.57 bits per heavy atom. The van der Waals surface area contributed by atoms with E-state index >= 15 is 0 Å². The standard InChI is InChI=1S/C19H12NO/c1-2-7-18-14(5-1)16-11-13-8-10-20-9-4-3-6-17(20)15(13)12-19(16)21-18/h1-12H/q+1. The van der Waals surface area contributed by atoms with E-state index in [2.05, 4.69) is 59.3 Å². The van der Waals surface area contributed by atoms with Crippen LogP contribution >= 0.6 is 0 Å². The van der Waals surface area contributed by atoms with Crippen LogP contribution in [0.5, 0.6) is 0 Å². The first kappa shape index (κ1) is 10.9. The quantitative estimate of drug-likeness (QED) is 0.299. The lowest BCUT2D eigenvalue weighted by atomic mass is 10.1. The topological polar surface area (TPSA) is 17.2 Å². The fourth-order valence-corrected chi connectivity index (χ4v) is 3.12. The molecule has 0 spiro atoms. The molecule has 0 aliphatic carbocycles. The van der Waals surface area contributed by atoms with Crippen molar-refractivity contribution in [2.24, 2.45) is 0 Å². The zero-order chi connectivity index (χ0) is 13.8. The predicted molar refractivity (Wildman–Crippen MR) is 84.4 cm³/mol. The van der Waals surface area contributed by atoms with E-state index in [4.69, 9.17) is 4.42 Å². The predicted octanol–water partition coefficient (Wildman–Crippen LogP) is 4.48. The van der Waals surface area contributed by atoms with Gasteiger partial charge in [-0.1, -0.05) is 18.2 Å². The van der Waals surface area contributed by atoms with Crippen molar-refractivity contribution in [1.29, 1.82) is 0 Å². The maximum absolute atomic E-state index is 6.00. The number of pyridine rings is 2. The van der Waals surface area contributed by atoms with Gasteiger partial charge >= 0.3 is 0 Å². The van der Waals surface area contributed by atoms with E-state index in [-0.39, 0.29) is 0 Å². The third-order valence-corrected chi connectivity index (χ3v) is 4.13. The summed E-state index contributed by atoms with van der Waals surface area (Å²) in [7, 11) is 0. The number of nitrogens with zero attached hydrogens (tertiary/aromatic N) is 1. The van der Waals surface area contributed by atoms with Gasteiger partial charge in [-0.25, -0.2) is 0 Å². The molecule has 0 saturated carbocycles. The minimum Gasteiger partial charge on any atom is -0.456 e. The molecule has 0 amide bonds. The second kappa shape index (κ2) is 3.83. The van der Waals surface area contributed by atoms with Crippen molar-refractivity contribution in [1.82, 2.24) is 0 Å². The molecule has 5 aromatic rings. The van der Waals surface area contributed by atoms with Gasteiger partial charge in [-0.05, 0) is 29.7 Å². The summed E-state index contributed by atoms with van der Waals surface area (Å²) in [6, 6.07) is 21.0. The van der Waals surface area contributed by atoms with Crippen LogP contribution in [-0.4, -0.2) is 0 Å². The second-order valence-corrected chi connectivity index (χ2v) is 5.34. The molecule has 3 heterocycles. The Balaban J connectivity index is 2.04. The van der Waals surface area contributed by atoms with Gasteiger partial charge in [-0.15, -0.1) is 0 Å². The molecule has 2 aromatic carbocycles. The first-order chi connectivity index (χ1) is 10.4. The number of benzene rings is 2. The van der Waals surface area contributed by atoms with Crippen molar-refractivity contribution < 1.29 is 8.82 Å². The number of fused-ring (bicyclic) bond motifs is 6. The van der Waals surface area contributed by atoms with Crippen molar-refractivity contribution in [2.75, 3.05) is 0 Å². The third-order valence-electron chi connectivity index (χ3n) is 4.13. The van der Waals surface area contributed by atoms with Crippen LogP contribution in [0.2, 0.25) is 0 Å². The first-order valence-corrected chi connectivity index (χ1v) is 7.04. The Morgan fingerprint density at radius 3 is 2.57 bits per heavy atom. The number of rotatable bonds is 0. The van der Waals surface area contributed by atoms with E-state index in [1.54, 1.807) is 0 Å². The summed E-state index contributed by atoms with van der Waals surface area (Å²) in [6.07, 6.45) is 4.17. The highest BCUT2D eigenvalue weighted by Crippen LogP contribution is 2.32. The molecule has 0 fully saturated rings. The Labute approximate surface area is 120 Å². The fraction of sp³-hybridized carbons (Fsp3) is 0. The van der Waals surface area contributed by atoms with Gasteiger partial charge in [0, 0.05) is 29.0 Å². The summed E-state index contributed by atoms with van der Waals surface area (Å²) in [5.74, 6) is 0. The molecule has 0 saturated heterocycles. The van der Waals surface area contributed by atoms with E-state index in [9.17, 15) is 0 Å². The maximum Gasteiger partial charge on any atom is 0.218 e. The summed E-state index contributed by atoms with van der Waals surface area (Å²) in [4.78, 5) is 0. The molecule has 0 N–H and O–H groups in total.